The van der Waals surface area contributed by atoms with E-state index in [9.17, 15) is 22.4 Å². The summed E-state index contributed by atoms with van der Waals surface area (Å²) in [5, 5.41) is 0. The van der Waals surface area contributed by atoms with Gasteiger partial charge in [0.2, 0.25) is 5.91 Å². The van der Waals surface area contributed by atoms with E-state index in [0.29, 0.717) is 5.56 Å². The van der Waals surface area contributed by atoms with Crippen molar-refractivity contribution in [1.29, 1.82) is 0 Å². The number of likely N-dealkylation sites (tertiary alicyclic amines) is 1. The fourth-order valence-electron chi connectivity index (χ4n) is 2.82. The van der Waals surface area contributed by atoms with Gasteiger partial charge in [0.05, 0.1) is 37.7 Å². The number of amides is 1. The summed E-state index contributed by atoms with van der Waals surface area (Å²) in [5.74, 6) is -0.943. The number of hydrogen-bond acceptors (Lipinski definition) is 5. The van der Waals surface area contributed by atoms with E-state index in [-0.39, 0.29) is 31.6 Å². The van der Waals surface area contributed by atoms with Crippen LogP contribution >= 0.6 is 0 Å². The van der Waals surface area contributed by atoms with Gasteiger partial charge in [-0.3, -0.25) is 4.79 Å². The quantitative estimate of drug-likeness (QED) is 0.540. The lowest BCUT2D eigenvalue weighted by atomic mass is 10.1. The van der Waals surface area contributed by atoms with Crippen LogP contribution in [0.15, 0.2) is 49.3 Å². The summed E-state index contributed by atoms with van der Waals surface area (Å²) in [6.45, 7) is 3.82. The fraction of sp³-hybridized carbons (Fsp3) is 0.316. The zero-order chi connectivity index (χ0) is 21.0. The topological polar surface area (TPSA) is 64.6 Å². The highest BCUT2D eigenvalue weighted by molar-refractivity contribution is 5.87. The van der Waals surface area contributed by atoms with Crippen molar-refractivity contribution in [2.45, 2.75) is 25.0 Å². The predicted octanol–water partition coefficient (Wildman–Crippen LogP) is 3.00. The molecule has 0 spiro atoms. The monoisotopic (exact) mass is 411 g/mol. The van der Waals surface area contributed by atoms with Gasteiger partial charge in [0.15, 0.2) is 5.82 Å². The maximum absolute atomic E-state index is 13.0. The average Bonchev–Trinajstić information content (AvgIpc) is 3.10. The molecule has 0 saturated carbocycles. The van der Waals surface area contributed by atoms with E-state index in [1.807, 2.05) is 0 Å². The number of alkyl halides is 3. The SMILES string of the molecule is C=CC(=O)N1C[C@H](OCc2ccc(C(F)(F)F)cc2)[C@@H](Oc2ncc(F)cn2)C1. The second-order valence-corrected chi connectivity index (χ2v) is 6.33. The van der Waals surface area contributed by atoms with Gasteiger partial charge in [-0.15, -0.1) is 0 Å². The Morgan fingerprint density at radius 1 is 1.17 bits per heavy atom. The maximum Gasteiger partial charge on any atom is 0.416 e. The van der Waals surface area contributed by atoms with Crippen LogP contribution in [0, 0.1) is 5.82 Å². The van der Waals surface area contributed by atoms with Crippen LogP contribution in [0.1, 0.15) is 11.1 Å². The Kier molecular flexibility index (Phi) is 6.12. The summed E-state index contributed by atoms with van der Waals surface area (Å²) >= 11 is 0. The van der Waals surface area contributed by atoms with Gasteiger partial charge in [-0.1, -0.05) is 18.7 Å². The zero-order valence-corrected chi connectivity index (χ0v) is 15.1. The molecular weight excluding hydrogens is 394 g/mol. The first-order valence-corrected chi connectivity index (χ1v) is 8.59. The Bertz CT molecular complexity index is 856. The molecule has 2 atom stereocenters. The normalized spacial score (nSPS) is 19.2. The number of hydrogen-bond donors (Lipinski definition) is 0. The second-order valence-electron chi connectivity index (χ2n) is 6.33. The predicted molar refractivity (Wildman–Crippen MR) is 93.2 cm³/mol. The van der Waals surface area contributed by atoms with Gasteiger partial charge >= 0.3 is 12.2 Å². The van der Waals surface area contributed by atoms with E-state index in [1.54, 1.807) is 0 Å². The molecule has 3 rings (SSSR count). The molecule has 1 aliphatic heterocycles. The van der Waals surface area contributed by atoms with E-state index in [2.05, 4.69) is 16.5 Å². The van der Waals surface area contributed by atoms with Crippen molar-refractivity contribution < 1.29 is 31.8 Å². The number of carbonyl (C=O) groups is 1. The first-order chi connectivity index (χ1) is 13.8. The minimum atomic E-state index is -4.41. The Morgan fingerprint density at radius 3 is 2.38 bits per heavy atom. The lowest BCUT2D eigenvalue weighted by Crippen LogP contribution is -2.33. The Balaban J connectivity index is 1.67. The number of aromatic nitrogens is 2. The molecule has 2 heterocycles. The first kappa shape index (κ1) is 20.7. The fourth-order valence-corrected chi connectivity index (χ4v) is 2.82. The summed E-state index contributed by atoms with van der Waals surface area (Å²) in [6.07, 6.45) is -2.59. The molecule has 2 aromatic rings. The molecular formula is C19H17F4N3O3. The second kappa shape index (κ2) is 8.56. The highest BCUT2D eigenvalue weighted by atomic mass is 19.4. The van der Waals surface area contributed by atoms with Crippen molar-refractivity contribution in [3.63, 3.8) is 0 Å². The minimum absolute atomic E-state index is 0.0169. The molecule has 0 aliphatic carbocycles. The summed E-state index contributed by atoms with van der Waals surface area (Å²) in [7, 11) is 0. The van der Waals surface area contributed by atoms with Crippen molar-refractivity contribution in [2.24, 2.45) is 0 Å². The molecule has 0 bridgehead atoms. The van der Waals surface area contributed by atoms with Crippen LogP contribution in [0.4, 0.5) is 17.6 Å². The number of rotatable bonds is 6. The molecule has 10 heteroatoms. The Labute approximate surface area is 163 Å². The molecule has 1 aliphatic rings. The molecule has 6 nitrogen and oxygen atoms in total. The van der Waals surface area contributed by atoms with Crippen molar-refractivity contribution in [1.82, 2.24) is 14.9 Å². The van der Waals surface area contributed by atoms with Crippen LogP contribution < -0.4 is 4.74 Å². The van der Waals surface area contributed by atoms with E-state index in [1.165, 1.54) is 17.0 Å². The van der Waals surface area contributed by atoms with E-state index in [4.69, 9.17) is 9.47 Å². The third-order valence-electron chi connectivity index (χ3n) is 4.30. The standard InChI is InChI=1S/C19H17F4N3O3/c1-2-17(27)26-9-15(16(10-26)29-18-24-7-14(20)8-25-18)28-11-12-3-5-13(6-4-12)19(21,22)23/h2-8,15-16H,1,9-11H2/t15-,16-/m0/s1. The molecule has 29 heavy (non-hydrogen) atoms. The van der Waals surface area contributed by atoms with Crippen molar-refractivity contribution in [2.75, 3.05) is 13.1 Å². The molecule has 0 N–H and O–H groups in total. The third-order valence-corrected chi connectivity index (χ3v) is 4.30. The molecule has 1 amide bonds. The van der Waals surface area contributed by atoms with Crippen molar-refractivity contribution in [3.05, 3.63) is 66.3 Å². The molecule has 154 valence electrons. The molecule has 0 radical (unpaired) electrons. The number of halogens is 4. The largest absolute Gasteiger partial charge is 0.455 e. The van der Waals surface area contributed by atoms with Gasteiger partial charge in [-0.2, -0.15) is 13.2 Å². The van der Waals surface area contributed by atoms with Gasteiger partial charge in [0.25, 0.3) is 0 Å². The third kappa shape index (κ3) is 5.29. The van der Waals surface area contributed by atoms with Crippen molar-refractivity contribution >= 4 is 5.91 Å². The number of benzene rings is 1. The summed E-state index contributed by atoms with van der Waals surface area (Å²) in [6, 6.07) is 4.52. The molecule has 0 unspecified atom stereocenters. The van der Waals surface area contributed by atoms with Crippen LogP contribution in [-0.4, -0.2) is 46.1 Å². The van der Waals surface area contributed by atoms with Crippen molar-refractivity contribution in [3.8, 4) is 6.01 Å². The molecule has 1 fully saturated rings. The highest BCUT2D eigenvalue weighted by Gasteiger charge is 2.37. The minimum Gasteiger partial charge on any atom is -0.455 e. The lowest BCUT2D eigenvalue weighted by molar-refractivity contribution is -0.137. The van der Waals surface area contributed by atoms with Crippen LogP contribution in [-0.2, 0) is 22.3 Å². The van der Waals surface area contributed by atoms with Crippen LogP contribution in [0.5, 0.6) is 6.01 Å². The molecule has 1 aromatic carbocycles. The van der Waals surface area contributed by atoms with E-state index < -0.39 is 29.8 Å². The summed E-state index contributed by atoms with van der Waals surface area (Å²) in [4.78, 5) is 20.8. The zero-order valence-electron chi connectivity index (χ0n) is 15.1. The Morgan fingerprint density at radius 2 is 1.79 bits per heavy atom. The highest BCUT2D eigenvalue weighted by Crippen LogP contribution is 2.29. The van der Waals surface area contributed by atoms with Crippen LogP contribution in [0.2, 0.25) is 0 Å². The smallest absolute Gasteiger partial charge is 0.416 e. The number of ether oxygens (including phenoxy) is 2. The van der Waals surface area contributed by atoms with Gasteiger partial charge in [0.1, 0.15) is 12.2 Å². The molecule has 1 aromatic heterocycles. The Hall–Kier alpha value is -3.01. The van der Waals surface area contributed by atoms with Gasteiger partial charge in [-0.05, 0) is 23.8 Å². The molecule has 1 saturated heterocycles. The van der Waals surface area contributed by atoms with E-state index >= 15 is 0 Å². The first-order valence-electron chi connectivity index (χ1n) is 8.59. The van der Waals surface area contributed by atoms with Gasteiger partial charge in [0, 0.05) is 0 Å². The lowest BCUT2D eigenvalue weighted by Gasteiger charge is -2.19. The van der Waals surface area contributed by atoms with Gasteiger partial charge in [-0.25, -0.2) is 14.4 Å². The number of nitrogens with zero attached hydrogens (tertiary/aromatic N) is 3. The summed E-state index contributed by atoms with van der Waals surface area (Å²) in [5.41, 5.74) is -0.220. The maximum atomic E-state index is 13.0. The summed E-state index contributed by atoms with van der Waals surface area (Å²) < 4.78 is 62.3. The van der Waals surface area contributed by atoms with Gasteiger partial charge < -0.3 is 14.4 Å². The average molecular weight is 411 g/mol. The number of carbonyl (C=O) groups excluding carboxylic acids is 1. The van der Waals surface area contributed by atoms with Crippen LogP contribution in [0.3, 0.4) is 0 Å². The van der Waals surface area contributed by atoms with Crippen LogP contribution in [0.25, 0.3) is 0 Å². The van der Waals surface area contributed by atoms with E-state index in [0.717, 1.165) is 30.6 Å².